The van der Waals surface area contributed by atoms with Gasteiger partial charge in [0.25, 0.3) is 5.56 Å². The second-order valence-electron chi connectivity index (χ2n) is 5.42. The first-order valence-corrected chi connectivity index (χ1v) is 7.84. The maximum Gasteiger partial charge on any atom is 0.343 e. The highest BCUT2D eigenvalue weighted by Crippen LogP contribution is 2.12. The maximum atomic E-state index is 12.1. The molecule has 0 amide bonds. The third-order valence-electron chi connectivity index (χ3n) is 3.53. The van der Waals surface area contributed by atoms with Crippen molar-refractivity contribution in [1.29, 1.82) is 0 Å². The molecule has 6 nitrogen and oxygen atoms in total. The van der Waals surface area contributed by atoms with Crippen LogP contribution in [0.15, 0.2) is 77.7 Å². The van der Waals surface area contributed by atoms with Crippen molar-refractivity contribution in [3.05, 3.63) is 100.0 Å². The summed E-state index contributed by atoms with van der Waals surface area (Å²) in [6.45, 7) is 0.173. The van der Waals surface area contributed by atoms with E-state index in [2.05, 4.69) is 4.98 Å². The lowest BCUT2D eigenvalue weighted by Gasteiger charge is -2.06. The van der Waals surface area contributed by atoms with E-state index in [9.17, 15) is 14.4 Å². The van der Waals surface area contributed by atoms with Gasteiger partial charge in [-0.25, -0.2) is 9.59 Å². The van der Waals surface area contributed by atoms with E-state index in [-0.39, 0.29) is 23.5 Å². The van der Waals surface area contributed by atoms with Crippen LogP contribution in [0, 0.1) is 0 Å². The number of esters is 2. The zero-order chi connectivity index (χ0) is 18.4. The molecule has 0 aliphatic heterocycles. The number of benzene rings is 2. The quantitative estimate of drug-likeness (QED) is 0.716. The highest BCUT2D eigenvalue weighted by atomic mass is 16.5. The summed E-state index contributed by atoms with van der Waals surface area (Å²) in [6, 6.07) is 17.9. The first-order valence-electron chi connectivity index (χ1n) is 7.84. The molecule has 2 aromatic carbocycles. The van der Waals surface area contributed by atoms with Crippen molar-refractivity contribution >= 4 is 11.9 Å². The summed E-state index contributed by atoms with van der Waals surface area (Å²) in [5, 5.41) is 0. The van der Waals surface area contributed by atoms with Crippen molar-refractivity contribution in [1.82, 2.24) is 4.98 Å². The van der Waals surface area contributed by atoms with Crippen LogP contribution in [0.5, 0.6) is 5.75 Å². The van der Waals surface area contributed by atoms with Gasteiger partial charge in [-0.15, -0.1) is 0 Å². The van der Waals surface area contributed by atoms with Gasteiger partial charge in [0.15, 0.2) is 0 Å². The number of carbonyl (C=O) groups is 2. The summed E-state index contributed by atoms with van der Waals surface area (Å²) in [5.41, 5.74) is 1.10. The minimum atomic E-state index is -0.625. The molecule has 6 heteroatoms. The Labute approximate surface area is 149 Å². The molecule has 0 spiro atoms. The minimum Gasteiger partial charge on any atom is -0.457 e. The molecular formula is C20H15NO5. The van der Waals surface area contributed by atoms with E-state index in [1.807, 2.05) is 30.3 Å². The van der Waals surface area contributed by atoms with Crippen molar-refractivity contribution < 1.29 is 19.1 Å². The lowest BCUT2D eigenvalue weighted by atomic mass is 10.1. The summed E-state index contributed by atoms with van der Waals surface area (Å²) in [6.07, 6.45) is 1.39. The predicted octanol–water partition coefficient (Wildman–Crippen LogP) is 2.95. The zero-order valence-electron chi connectivity index (χ0n) is 13.7. The van der Waals surface area contributed by atoms with E-state index in [1.54, 1.807) is 0 Å². The fraction of sp³-hybridized carbons (Fsp3) is 0.0500. The molecule has 1 heterocycles. The average Bonchev–Trinajstić information content (AvgIpc) is 2.67. The summed E-state index contributed by atoms with van der Waals surface area (Å²) < 4.78 is 10.3. The van der Waals surface area contributed by atoms with Crippen LogP contribution in [0.3, 0.4) is 0 Å². The van der Waals surface area contributed by atoms with Gasteiger partial charge in [-0.3, -0.25) is 4.79 Å². The predicted molar refractivity (Wildman–Crippen MR) is 94.0 cm³/mol. The lowest BCUT2D eigenvalue weighted by Crippen LogP contribution is -2.12. The van der Waals surface area contributed by atoms with Gasteiger partial charge in [0.1, 0.15) is 12.4 Å². The fourth-order valence-corrected chi connectivity index (χ4v) is 2.20. The van der Waals surface area contributed by atoms with Crippen LogP contribution in [-0.4, -0.2) is 16.9 Å². The van der Waals surface area contributed by atoms with Gasteiger partial charge in [-0.1, -0.05) is 30.3 Å². The Bertz CT molecular complexity index is 961. The number of ether oxygens (including phenoxy) is 2. The number of nitrogens with one attached hydrogen (secondary N) is 1. The van der Waals surface area contributed by atoms with E-state index in [1.165, 1.54) is 42.6 Å². The second-order valence-corrected chi connectivity index (χ2v) is 5.42. The van der Waals surface area contributed by atoms with Crippen LogP contribution in [0.25, 0.3) is 0 Å². The number of aromatic amines is 1. The number of aromatic nitrogens is 1. The minimum absolute atomic E-state index is 0.144. The van der Waals surface area contributed by atoms with Crippen LogP contribution >= 0.6 is 0 Å². The Morgan fingerprint density at radius 3 is 2.15 bits per heavy atom. The molecule has 3 aromatic rings. The van der Waals surface area contributed by atoms with Crippen molar-refractivity contribution in [2.45, 2.75) is 6.61 Å². The molecule has 0 saturated heterocycles. The smallest absolute Gasteiger partial charge is 0.343 e. The molecule has 0 unspecified atom stereocenters. The molecule has 0 fully saturated rings. The summed E-state index contributed by atoms with van der Waals surface area (Å²) >= 11 is 0. The van der Waals surface area contributed by atoms with Gasteiger partial charge in [0.2, 0.25) is 0 Å². The molecule has 0 aliphatic carbocycles. The number of carbonyl (C=O) groups excluding carboxylic acids is 2. The first kappa shape index (κ1) is 17.2. The molecular weight excluding hydrogens is 334 g/mol. The van der Waals surface area contributed by atoms with Gasteiger partial charge >= 0.3 is 11.9 Å². The summed E-state index contributed by atoms with van der Waals surface area (Å²) in [4.78, 5) is 37.7. The van der Waals surface area contributed by atoms with Crippen molar-refractivity contribution in [2.75, 3.05) is 0 Å². The molecule has 130 valence electrons. The SMILES string of the molecule is O=C(OCc1ccccc1)c1ccc(C(=O)Oc2cc[nH]c(=O)c2)cc1. The topological polar surface area (TPSA) is 85.5 Å². The van der Waals surface area contributed by atoms with Crippen molar-refractivity contribution in [3.63, 3.8) is 0 Å². The zero-order valence-corrected chi connectivity index (χ0v) is 13.7. The largest absolute Gasteiger partial charge is 0.457 e. The van der Waals surface area contributed by atoms with E-state index < -0.39 is 11.9 Å². The normalized spacial score (nSPS) is 10.2. The van der Waals surface area contributed by atoms with Gasteiger partial charge < -0.3 is 14.5 Å². The molecule has 0 radical (unpaired) electrons. The number of H-pyrrole nitrogens is 1. The van der Waals surface area contributed by atoms with Crippen LogP contribution < -0.4 is 10.3 Å². The molecule has 0 atom stereocenters. The van der Waals surface area contributed by atoms with Gasteiger partial charge in [-0.2, -0.15) is 0 Å². The standard InChI is InChI=1S/C20H15NO5/c22-18-12-17(10-11-21-18)26-20(24)16-8-6-15(7-9-16)19(23)25-13-14-4-2-1-3-5-14/h1-12H,13H2,(H,21,22). The maximum absolute atomic E-state index is 12.1. The highest BCUT2D eigenvalue weighted by Gasteiger charge is 2.12. The summed E-state index contributed by atoms with van der Waals surface area (Å²) in [7, 11) is 0. The van der Waals surface area contributed by atoms with Crippen LogP contribution in [0.1, 0.15) is 26.3 Å². The molecule has 0 aliphatic rings. The Kier molecular flexibility index (Phi) is 5.24. The Morgan fingerprint density at radius 1 is 0.846 bits per heavy atom. The first-order chi connectivity index (χ1) is 12.6. The third kappa shape index (κ3) is 4.45. The van der Waals surface area contributed by atoms with Crippen LogP contribution in [-0.2, 0) is 11.3 Å². The average molecular weight is 349 g/mol. The van der Waals surface area contributed by atoms with E-state index in [4.69, 9.17) is 9.47 Å². The van der Waals surface area contributed by atoms with Crippen LogP contribution in [0.2, 0.25) is 0 Å². The molecule has 3 rings (SSSR count). The lowest BCUT2D eigenvalue weighted by molar-refractivity contribution is 0.0472. The van der Waals surface area contributed by atoms with Gasteiger partial charge in [-0.05, 0) is 35.9 Å². The number of hydrogen-bond acceptors (Lipinski definition) is 5. The number of rotatable bonds is 5. The number of hydrogen-bond donors (Lipinski definition) is 1. The monoisotopic (exact) mass is 349 g/mol. The van der Waals surface area contributed by atoms with E-state index in [0.717, 1.165) is 5.56 Å². The summed E-state index contributed by atoms with van der Waals surface area (Å²) in [5.74, 6) is -0.965. The third-order valence-corrected chi connectivity index (χ3v) is 3.53. The van der Waals surface area contributed by atoms with Crippen molar-refractivity contribution in [2.24, 2.45) is 0 Å². The van der Waals surface area contributed by atoms with Crippen molar-refractivity contribution in [3.8, 4) is 5.75 Å². The van der Waals surface area contributed by atoms with Gasteiger partial charge in [0.05, 0.1) is 11.1 Å². The van der Waals surface area contributed by atoms with E-state index in [0.29, 0.717) is 5.56 Å². The molecule has 0 bridgehead atoms. The Balaban J connectivity index is 1.61. The van der Waals surface area contributed by atoms with Gasteiger partial charge in [0, 0.05) is 12.3 Å². The molecule has 1 N–H and O–H groups in total. The highest BCUT2D eigenvalue weighted by molar-refractivity contribution is 5.94. The molecule has 0 saturated carbocycles. The fourth-order valence-electron chi connectivity index (χ4n) is 2.20. The second kappa shape index (κ2) is 7.94. The Hall–Kier alpha value is -3.67. The number of pyridine rings is 1. The van der Waals surface area contributed by atoms with E-state index >= 15 is 0 Å². The Morgan fingerprint density at radius 2 is 1.50 bits per heavy atom. The van der Waals surface area contributed by atoms with Crippen LogP contribution in [0.4, 0.5) is 0 Å². The molecule has 1 aromatic heterocycles. The molecule has 26 heavy (non-hydrogen) atoms.